The van der Waals surface area contributed by atoms with Crippen LogP contribution in [0.5, 0.6) is 0 Å². The van der Waals surface area contributed by atoms with E-state index in [1.165, 1.54) is 0 Å². The number of aromatic amines is 1. The lowest BCUT2D eigenvalue weighted by atomic mass is 10.3. The molecular formula is C13H14BrClN5O+. The number of nitrogen functional groups attached to an aromatic ring is 1. The first-order valence-corrected chi connectivity index (χ1v) is 7.42. The van der Waals surface area contributed by atoms with Crippen LogP contribution in [0.3, 0.4) is 0 Å². The fraction of sp³-hybridized carbons (Fsp3) is 0.231. The Balaban J connectivity index is 1.90. The Morgan fingerprint density at radius 2 is 2.33 bits per heavy atom. The average Bonchev–Trinajstić information content (AvgIpc) is 3.11. The van der Waals surface area contributed by atoms with Gasteiger partial charge in [0.1, 0.15) is 22.3 Å². The summed E-state index contributed by atoms with van der Waals surface area (Å²) in [5.41, 5.74) is 7.60. The van der Waals surface area contributed by atoms with Gasteiger partial charge in [0.05, 0.1) is 30.3 Å². The zero-order chi connectivity index (χ0) is 15.1. The van der Waals surface area contributed by atoms with Gasteiger partial charge in [-0.1, -0.05) is 11.6 Å². The number of halogens is 2. The van der Waals surface area contributed by atoms with Gasteiger partial charge in [0.25, 0.3) is 0 Å². The third-order valence-electron chi connectivity index (χ3n) is 3.42. The van der Waals surface area contributed by atoms with Crippen LogP contribution in [-0.4, -0.2) is 14.5 Å². The van der Waals surface area contributed by atoms with Crippen molar-refractivity contribution in [1.82, 2.24) is 14.5 Å². The fourth-order valence-electron chi connectivity index (χ4n) is 2.11. The number of H-pyrrole nitrogens is 1. The van der Waals surface area contributed by atoms with Gasteiger partial charge in [-0.2, -0.15) is 0 Å². The summed E-state index contributed by atoms with van der Waals surface area (Å²) in [6.45, 7) is 0. The minimum atomic E-state index is 0.534. The summed E-state index contributed by atoms with van der Waals surface area (Å²) in [7, 11) is 3.76. The van der Waals surface area contributed by atoms with Crippen LogP contribution in [0.1, 0.15) is 11.5 Å². The third kappa shape index (κ3) is 2.47. The summed E-state index contributed by atoms with van der Waals surface area (Å²) < 4.78 is 10.3. The molecule has 0 unspecified atom stereocenters. The van der Waals surface area contributed by atoms with Crippen molar-refractivity contribution in [3.63, 3.8) is 0 Å². The van der Waals surface area contributed by atoms with Crippen LogP contribution in [0, 0.1) is 0 Å². The van der Waals surface area contributed by atoms with E-state index in [0.717, 1.165) is 21.6 Å². The molecule has 0 fully saturated rings. The maximum Gasteiger partial charge on any atom is 0.352 e. The molecule has 0 aliphatic heterocycles. The van der Waals surface area contributed by atoms with Crippen LogP contribution in [0.4, 0.5) is 5.95 Å². The lowest BCUT2D eigenvalue weighted by Crippen LogP contribution is -2.34. The largest absolute Gasteiger partial charge is 0.439 e. The number of aromatic nitrogens is 4. The van der Waals surface area contributed by atoms with Crippen molar-refractivity contribution in [2.45, 2.75) is 6.42 Å². The van der Waals surface area contributed by atoms with Crippen LogP contribution >= 0.6 is 27.5 Å². The molecule has 0 aliphatic carbocycles. The highest BCUT2D eigenvalue weighted by atomic mass is 79.9. The van der Waals surface area contributed by atoms with Crippen molar-refractivity contribution < 1.29 is 8.98 Å². The number of rotatable bonds is 3. The standard InChI is InChI=1S/C13H13BrClN5O/c1-19-7(5-18-13(19)16)3-8-6-17-12(21-8)10-4-9(14)11(15)20(10)2/h4-6H,3H2,1-2H3,(H2,16,18)/p+1. The number of oxazole rings is 1. The number of nitrogens with zero attached hydrogens (tertiary/aromatic N) is 3. The van der Waals surface area contributed by atoms with E-state index < -0.39 is 0 Å². The predicted octanol–water partition coefficient (Wildman–Crippen LogP) is 2.42. The Labute approximate surface area is 134 Å². The first-order valence-electron chi connectivity index (χ1n) is 6.25. The number of hydrogen-bond donors (Lipinski definition) is 2. The van der Waals surface area contributed by atoms with Gasteiger partial charge in [0, 0.05) is 7.05 Å². The molecule has 0 aliphatic rings. The van der Waals surface area contributed by atoms with Gasteiger partial charge in [0.15, 0.2) is 0 Å². The molecule has 0 saturated heterocycles. The van der Waals surface area contributed by atoms with Crippen molar-refractivity contribution in [2.24, 2.45) is 14.1 Å². The van der Waals surface area contributed by atoms with E-state index >= 15 is 0 Å². The van der Waals surface area contributed by atoms with Crippen molar-refractivity contribution in [1.29, 1.82) is 0 Å². The topological polar surface area (TPSA) is 76.7 Å². The molecule has 0 spiro atoms. The second-order valence-corrected chi connectivity index (χ2v) is 5.97. The molecule has 3 heterocycles. The zero-order valence-corrected chi connectivity index (χ0v) is 13.9. The summed E-state index contributed by atoms with van der Waals surface area (Å²) in [5.74, 6) is 1.89. The van der Waals surface area contributed by atoms with E-state index in [2.05, 4.69) is 25.9 Å². The maximum absolute atomic E-state index is 6.13. The monoisotopic (exact) mass is 370 g/mol. The third-order valence-corrected chi connectivity index (χ3v) is 4.71. The van der Waals surface area contributed by atoms with E-state index in [0.29, 0.717) is 23.4 Å². The summed E-state index contributed by atoms with van der Waals surface area (Å²) in [5, 5.41) is 0.606. The minimum absolute atomic E-state index is 0.534. The SMILES string of the molecule is Cn1c(-c2ncc(Cc3c[nH]c(N)[n+]3C)o2)cc(Br)c1Cl. The van der Waals surface area contributed by atoms with Crippen LogP contribution in [-0.2, 0) is 20.5 Å². The van der Waals surface area contributed by atoms with E-state index in [-0.39, 0.29) is 0 Å². The second-order valence-electron chi connectivity index (χ2n) is 4.76. The molecule has 0 amide bonds. The Morgan fingerprint density at radius 3 is 2.90 bits per heavy atom. The van der Waals surface area contributed by atoms with Crippen LogP contribution in [0.25, 0.3) is 11.6 Å². The fourth-order valence-corrected chi connectivity index (χ4v) is 2.74. The Hall–Kier alpha value is -1.73. The molecule has 8 heteroatoms. The molecule has 0 bridgehead atoms. The van der Waals surface area contributed by atoms with Crippen LogP contribution < -0.4 is 10.3 Å². The van der Waals surface area contributed by atoms with Crippen LogP contribution in [0.2, 0.25) is 5.15 Å². The normalized spacial score (nSPS) is 11.2. The molecular weight excluding hydrogens is 358 g/mol. The first-order chi connectivity index (χ1) is 9.97. The zero-order valence-electron chi connectivity index (χ0n) is 11.5. The molecule has 3 aromatic rings. The highest BCUT2D eigenvalue weighted by Gasteiger charge is 2.17. The van der Waals surface area contributed by atoms with Gasteiger partial charge >= 0.3 is 5.95 Å². The second kappa shape index (κ2) is 5.23. The molecule has 6 nitrogen and oxygen atoms in total. The van der Waals surface area contributed by atoms with Crippen molar-refractivity contribution in [2.75, 3.05) is 5.73 Å². The molecule has 3 rings (SSSR count). The van der Waals surface area contributed by atoms with Gasteiger partial charge < -0.3 is 8.98 Å². The predicted molar refractivity (Wildman–Crippen MR) is 82.8 cm³/mol. The Bertz CT molecular complexity index is 804. The highest BCUT2D eigenvalue weighted by Crippen LogP contribution is 2.31. The average molecular weight is 372 g/mol. The van der Waals surface area contributed by atoms with E-state index in [1.807, 2.05) is 35.5 Å². The van der Waals surface area contributed by atoms with Gasteiger partial charge in [0.2, 0.25) is 5.89 Å². The number of nitrogens with two attached hydrogens (primary N) is 1. The van der Waals surface area contributed by atoms with Crippen molar-refractivity contribution in [3.05, 3.63) is 39.5 Å². The molecule has 0 aromatic carbocycles. The maximum atomic E-state index is 6.13. The van der Waals surface area contributed by atoms with Crippen LogP contribution in [0.15, 0.2) is 27.3 Å². The van der Waals surface area contributed by atoms with Gasteiger partial charge in [-0.3, -0.25) is 5.73 Å². The van der Waals surface area contributed by atoms with Gasteiger partial charge in [-0.05, 0) is 22.0 Å². The molecule has 110 valence electrons. The Morgan fingerprint density at radius 1 is 1.57 bits per heavy atom. The summed E-state index contributed by atoms with van der Waals surface area (Å²) in [6, 6.07) is 1.88. The molecule has 3 aromatic heterocycles. The molecule has 0 atom stereocenters. The van der Waals surface area contributed by atoms with E-state index in [4.69, 9.17) is 21.8 Å². The van der Waals surface area contributed by atoms with Gasteiger partial charge in [-0.25, -0.2) is 14.5 Å². The lowest BCUT2D eigenvalue weighted by Gasteiger charge is -1.99. The Kier molecular flexibility index (Phi) is 3.54. The molecule has 21 heavy (non-hydrogen) atoms. The number of imidazole rings is 1. The molecule has 3 N–H and O–H groups in total. The lowest BCUT2D eigenvalue weighted by molar-refractivity contribution is -0.662. The van der Waals surface area contributed by atoms with E-state index in [9.17, 15) is 0 Å². The van der Waals surface area contributed by atoms with Crippen molar-refractivity contribution >= 4 is 33.5 Å². The summed E-state index contributed by atoms with van der Waals surface area (Å²) in [6.07, 6.45) is 4.18. The van der Waals surface area contributed by atoms with E-state index in [1.54, 1.807) is 6.20 Å². The quantitative estimate of drug-likeness (QED) is 0.694. The van der Waals surface area contributed by atoms with Gasteiger partial charge in [-0.15, -0.1) is 0 Å². The molecule has 0 saturated carbocycles. The highest BCUT2D eigenvalue weighted by molar-refractivity contribution is 9.10. The summed E-state index contributed by atoms with van der Waals surface area (Å²) >= 11 is 9.53. The van der Waals surface area contributed by atoms with Crippen molar-refractivity contribution in [3.8, 4) is 11.6 Å². The molecule has 0 radical (unpaired) electrons. The number of anilines is 1. The summed E-state index contributed by atoms with van der Waals surface area (Å²) in [4.78, 5) is 7.28. The number of nitrogens with one attached hydrogen (secondary N) is 1. The number of hydrogen-bond acceptors (Lipinski definition) is 3. The smallest absolute Gasteiger partial charge is 0.352 e. The minimum Gasteiger partial charge on any atom is -0.439 e. The first kappa shape index (κ1) is 14.2.